The van der Waals surface area contributed by atoms with Crippen molar-refractivity contribution in [2.75, 3.05) is 31.6 Å². The van der Waals surface area contributed by atoms with Gasteiger partial charge >= 0.3 is 0 Å². The van der Waals surface area contributed by atoms with Gasteiger partial charge in [-0.25, -0.2) is 0 Å². The fourth-order valence-electron chi connectivity index (χ4n) is 3.22. The number of hydrogen-bond donors (Lipinski definition) is 4. The number of aliphatic imine (C=N–C) groups is 1. The molecule has 2 aromatic carbocycles. The first-order valence-electron chi connectivity index (χ1n) is 11.5. The summed E-state index contributed by atoms with van der Waals surface area (Å²) in [6.07, 6.45) is 3.57. The minimum absolute atomic E-state index is 0.0648. The summed E-state index contributed by atoms with van der Waals surface area (Å²) in [5, 5.41) is 13.2. The second kappa shape index (κ2) is 14.2. The summed E-state index contributed by atoms with van der Waals surface area (Å²) in [5.41, 5.74) is 7.99. The highest BCUT2D eigenvalue weighted by Crippen LogP contribution is 2.31. The van der Waals surface area contributed by atoms with E-state index in [4.69, 9.17) is 38.5 Å². The third kappa shape index (κ3) is 9.09. The van der Waals surface area contributed by atoms with Crippen LogP contribution in [-0.2, 0) is 21.0 Å². The van der Waals surface area contributed by atoms with E-state index in [1.54, 1.807) is 43.3 Å². The first kappa shape index (κ1) is 28.0. The van der Waals surface area contributed by atoms with Gasteiger partial charge in [-0.05, 0) is 48.9 Å². The summed E-state index contributed by atoms with van der Waals surface area (Å²) in [6, 6.07) is 10.4. The lowest BCUT2D eigenvalue weighted by molar-refractivity contribution is -0.117. The third-order valence-corrected chi connectivity index (χ3v) is 5.55. The number of nitrogens with one attached hydrogen (secondary N) is 3. The fraction of sp³-hybridized carbons (Fsp3) is 0.280. The smallest absolute Gasteiger partial charge is 0.255 e. The van der Waals surface area contributed by atoms with Gasteiger partial charge in [-0.2, -0.15) is 4.99 Å². The number of amides is 2. The van der Waals surface area contributed by atoms with E-state index in [0.717, 1.165) is 0 Å². The monoisotopic (exact) mass is 546 g/mol. The molecule has 5 N–H and O–H groups in total. The lowest BCUT2D eigenvalue weighted by Crippen LogP contribution is -2.32. The van der Waals surface area contributed by atoms with E-state index >= 15 is 0 Å². The van der Waals surface area contributed by atoms with Gasteiger partial charge < -0.3 is 31.3 Å². The average Bonchev–Trinajstić information content (AvgIpc) is 2.86. The number of oxime groups is 1. The standard InChI is InChI=1S/C25H28Cl2N6O4/c1-2-37-33-21-13-22(34)32-25(28)30-14-16-11-19(26)24(20(27)12-16)31-23(35)15-29-9-3-4-10-36-18-7-5-17(21)6-8-18/h3-8,11-12,29H,2,9-10,13-15H2,1H3,(H,31,35)(H3,28,30,32,34)/b4-3-,33-21-. The quantitative estimate of drug-likeness (QED) is 0.335. The molecule has 4 heterocycles. The predicted octanol–water partition coefficient (Wildman–Crippen LogP) is 3.23. The minimum Gasteiger partial charge on any atom is -0.490 e. The van der Waals surface area contributed by atoms with E-state index in [1.807, 2.05) is 12.2 Å². The molecular weight excluding hydrogens is 519 g/mol. The Balaban J connectivity index is 1.82. The van der Waals surface area contributed by atoms with Gasteiger partial charge in [-0.15, -0.1) is 0 Å². The van der Waals surface area contributed by atoms with E-state index in [9.17, 15) is 9.59 Å². The maximum absolute atomic E-state index is 12.6. The van der Waals surface area contributed by atoms with Crippen LogP contribution in [0.1, 0.15) is 24.5 Å². The SMILES string of the molecule is CCO/N=C1/CC(=O)/N=C(/N)NCc2cc(Cl)c(c(Cl)c2)NC(=O)CNC/C=C\COc2ccc1cc2. The summed E-state index contributed by atoms with van der Waals surface area (Å²) in [7, 11) is 0. The van der Waals surface area contributed by atoms with Crippen LogP contribution in [0, 0.1) is 0 Å². The Morgan fingerprint density at radius 3 is 2.54 bits per heavy atom. The van der Waals surface area contributed by atoms with Crippen LogP contribution in [0.3, 0.4) is 0 Å². The van der Waals surface area contributed by atoms with Crippen LogP contribution >= 0.6 is 23.2 Å². The number of nitrogens with zero attached hydrogens (tertiary/aromatic N) is 2. The number of carbonyl (C=O) groups excluding carboxylic acids is 2. The highest BCUT2D eigenvalue weighted by molar-refractivity contribution is 6.39. The number of halogens is 2. The molecule has 0 unspecified atom stereocenters. The summed E-state index contributed by atoms with van der Waals surface area (Å²) in [5.74, 6) is -0.243. The third-order valence-electron chi connectivity index (χ3n) is 4.96. The highest BCUT2D eigenvalue weighted by atomic mass is 35.5. The summed E-state index contributed by atoms with van der Waals surface area (Å²) >= 11 is 12.7. The molecule has 4 aliphatic rings. The maximum Gasteiger partial charge on any atom is 0.255 e. The van der Waals surface area contributed by atoms with E-state index in [-0.39, 0.29) is 41.4 Å². The molecule has 0 radical (unpaired) electrons. The molecular formula is C25H28Cl2N6O4. The van der Waals surface area contributed by atoms with Gasteiger partial charge in [0.25, 0.3) is 5.91 Å². The number of rotatable bonds is 2. The number of benzene rings is 2. The van der Waals surface area contributed by atoms with Crippen molar-refractivity contribution in [3.8, 4) is 5.75 Å². The van der Waals surface area contributed by atoms with Crippen molar-refractivity contribution in [3.63, 3.8) is 0 Å². The topological polar surface area (TPSA) is 139 Å². The van der Waals surface area contributed by atoms with Gasteiger partial charge in [0.05, 0.1) is 34.4 Å². The van der Waals surface area contributed by atoms with Crippen molar-refractivity contribution in [3.05, 3.63) is 69.7 Å². The Hall–Kier alpha value is -3.60. The lowest BCUT2D eigenvalue weighted by atomic mass is 10.1. The molecule has 0 aromatic heterocycles. The normalized spacial score (nSPS) is 19.2. The molecule has 0 saturated carbocycles. The zero-order valence-electron chi connectivity index (χ0n) is 20.2. The molecule has 2 amide bonds. The van der Waals surface area contributed by atoms with Crippen LogP contribution in [0.5, 0.6) is 5.75 Å². The molecule has 0 fully saturated rings. The number of hydrogen-bond acceptors (Lipinski definition) is 8. The van der Waals surface area contributed by atoms with Crippen molar-refractivity contribution in [2.24, 2.45) is 15.9 Å². The van der Waals surface area contributed by atoms with Crippen molar-refractivity contribution in [1.29, 1.82) is 0 Å². The molecule has 12 heteroatoms. The van der Waals surface area contributed by atoms with E-state index in [0.29, 0.717) is 48.0 Å². The second-order valence-corrected chi connectivity index (χ2v) is 8.61. The molecule has 37 heavy (non-hydrogen) atoms. The molecule has 0 atom stereocenters. The van der Waals surface area contributed by atoms with Gasteiger partial charge in [-0.1, -0.05) is 40.5 Å². The van der Waals surface area contributed by atoms with E-state index in [2.05, 4.69) is 26.1 Å². The summed E-state index contributed by atoms with van der Waals surface area (Å²) < 4.78 is 5.70. The fourth-order valence-corrected chi connectivity index (χ4v) is 3.84. The number of anilines is 1. The summed E-state index contributed by atoms with van der Waals surface area (Å²) in [4.78, 5) is 33.9. The Bertz CT molecular complexity index is 1180. The molecule has 196 valence electrons. The molecule has 0 spiro atoms. The van der Waals surface area contributed by atoms with Crippen LogP contribution in [-0.4, -0.2) is 49.8 Å². The number of nitrogens with two attached hydrogens (primary N) is 1. The number of ether oxygens (including phenoxy) is 1. The first-order valence-corrected chi connectivity index (χ1v) is 12.3. The minimum atomic E-state index is -0.508. The van der Waals surface area contributed by atoms with Gasteiger partial charge in [0.2, 0.25) is 5.91 Å². The number of carbonyl (C=O) groups is 2. The van der Waals surface area contributed by atoms with Crippen LogP contribution in [0.15, 0.2) is 58.7 Å². The van der Waals surface area contributed by atoms with Crippen molar-refractivity contribution in [1.82, 2.24) is 10.6 Å². The zero-order valence-corrected chi connectivity index (χ0v) is 21.7. The number of guanidine groups is 1. The van der Waals surface area contributed by atoms with Gasteiger partial charge in [0.1, 0.15) is 19.0 Å². The zero-order chi connectivity index (χ0) is 26.6. The van der Waals surface area contributed by atoms with Crippen LogP contribution in [0.2, 0.25) is 10.0 Å². The van der Waals surface area contributed by atoms with Crippen molar-refractivity contribution in [2.45, 2.75) is 19.9 Å². The van der Waals surface area contributed by atoms with Gasteiger partial charge in [-0.3, -0.25) is 9.59 Å². The first-order chi connectivity index (χ1) is 17.9. The maximum atomic E-state index is 12.6. The second-order valence-electron chi connectivity index (χ2n) is 7.80. The largest absolute Gasteiger partial charge is 0.490 e. The van der Waals surface area contributed by atoms with E-state index < -0.39 is 5.91 Å². The Morgan fingerprint density at radius 2 is 1.84 bits per heavy atom. The van der Waals surface area contributed by atoms with Crippen LogP contribution in [0.4, 0.5) is 5.69 Å². The lowest BCUT2D eigenvalue weighted by Gasteiger charge is -2.13. The van der Waals surface area contributed by atoms with Crippen LogP contribution in [0.25, 0.3) is 0 Å². The Kier molecular flexibility index (Phi) is 10.8. The van der Waals surface area contributed by atoms with Gasteiger partial charge in [0.15, 0.2) is 5.96 Å². The molecule has 4 aliphatic heterocycles. The molecule has 6 rings (SSSR count). The van der Waals surface area contributed by atoms with Crippen LogP contribution < -0.4 is 26.4 Å². The Labute approximate surface area is 224 Å². The highest BCUT2D eigenvalue weighted by Gasteiger charge is 2.14. The molecule has 0 aliphatic carbocycles. The molecule has 0 saturated heterocycles. The van der Waals surface area contributed by atoms with Gasteiger partial charge in [0, 0.05) is 18.7 Å². The molecule has 4 bridgehead atoms. The van der Waals surface area contributed by atoms with Crippen molar-refractivity contribution >= 4 is 52.4 Å². The van der Waals surface area contributed by atoms with E-state index in [1.165, 1.54) is 0 Å². The summed E-state index contributed by atoms with van der Waals surface area (Å²) in [6.45, 7) is 3.21. The van der Waals surface area contributed by atoms with Crippen molar-refractivity contribution < 1.29 is 19.2 Å². The average molecular weight is 547 g/mol. The predicted molar refractivity (Wildman–Crippen MR) is 145 cm³/mol. The Morgan fingerprint density at radius 1 is 1.11 bits per heavy atom. The molecule has 2 aromatic rings. The molecule has 10 nitrogen and oxygen atoms in total.